The predicted molar refractivity (Wildman–Crippen MR) is 46.8 cm³/mol. The van der Waals surface area contributed by atoms with Crippen LogP contribution in [0.2, 0.25) is 0 Å². The van der Waals surface area contributed by atoms with Crippen LogP contribution >= 0.6 is 0 Å². The molecule has 3 rings (SSSR count). The zero-order chi connectivity index (χ0) is 8.18. The van der Waals surface area contributed by atoms with E-state index in [2.05, 4.69) is 18.2 Å². The van der Waals surface area contributed by atoms with Crippen LogP contribution in [0.5, 0.6) is 0 Å². The smallest absolute Gasteiger partial charge is 0.0852 e. The Bertz CT molecular complexity index is 326. The van der Waals surface area contributed by atoms with E-state index in [1.165, 1.54) is 24.0 Å². The Hall–Kier alpha value is -0.820. The monoisotopic (exact) mass is 160 g/mol. The Balaban J connectivity index is 2.13. The maximum atomic E-state index is 9.97. The summed E-state index contributed by atoms with van der Waals surface area (Å²) in [7, 11) is 0. The van der Waals surface area contributed by atoms with Crippen LogP contribution in [0.25, 0.3) is 0 Å². The molecule has 1 aromatic carbocycles. The van der Waals surface area contributed by atoms with E-state index in [4.69, 9.17) is 0 Å². The summed E-state index contributed by atoms with van der Waals surface area (Å²) in [6.45, 7) is 0. The molecule has 1 fully saturated rings. The van der Waals surface area contributed by atoms with Crippen LogP contribution < -0.4 is 0 Å². The normalized spacial score (nSPS) is 28.9. The summed E-state index contributed by atoms with van der Waals surface area (Å²) < 4.78 is 0. The molecule has 2 aliphatic carbocycles. The van der Waals surface area contributed by atoms with E-state index in [1.54, 1.807) is 0 Å². The number of hydrogen-bond donors (Lipinski definition) is 1. The van der Waals surface area contributed by atoms with Crippen molar-refractivity contribution in [2.75, 3.05) is 0 Å². The summed E-state index contributed by atoms with van der Waals surface area (Å²) >= 11 is 0. The molecule has 62 valence electrons. The summed E-state index contributed by atoms with van der Waals surface area (Å²) in [5.74, 6) is 0. The Morgan fingerprint density at radius 1 is 1.25 bits per heavy atom. The molecule has 0 bridgehead atoms. The third-order valence-corrected chi connectivity index (χ3v) is 3.36. The van der Waals surface area contributed by atoms with Crippen molar-refractivity contribution < 1.29 is 5.11 Å². The molecule has 2 aliphatic rings. The van der Waals surface area contributed by atoms with Crippen LogP contribution in [0.4, 0.5) is 0 Å². The van der Waals surface area contributed by atoms with Gasteiger partial charge in [0.1, 0.15) is 0 Å². The highest BCUT2D eigenvalue weighted by Crippen LogP contribution is 2.61. The molecule has 0 aromatic heterocycles. The van der Waals surface area contributed by atoms with E-state index >= 15 is 0 Å². The van der Waals surface area contributed by atoms with Crippen molar-refractivity contribution in [3.05, 3.63) is 35.4 Å². The lowest BCUT2D eigenvalue weighted by molar-refractivity contribution is 0.109. The van der Waals surface area contributed by atoms with E-state index in [0.29, 0.717) is 0 Å². The van der Waals surface area contributed by atoms with E-state index in [0.717, 1.165) is 6.42 Å². The molecule has 1 saturated carbocycles. The summed E-state index contributed by atoms with van der Waals surface area (Å²) in [6, 6.07) is 8.29. The molecule has 1 unspecified atom stereocenters. The molecule has 1 nitrogen and oxygen atoms in total. The van der Waals surface area contributed by atoms with Gasteiger partial charge in [-0.1, -0.05) is 24.3 Å². The topological polar surface area (TPSA) is 20.2 Å². The summed E-state index contributed by atoms with van der Waals surface area (Å²) in [4.78, 5) is 0. The number of fused-ring (bicyclic) bond motifs is 1. The SMILES string of the molecule is OC1c2ccccc2CC12CC2. The van der Waals surface area contributed by atoms with Crippen LogP contribution in [-0.2, 0) is 6.42 Å². The molecule has 0 saturated heterocycles. The zero-order valence-electron chi connectivity index (χ0n) is 6.96. The first kappa shape index (κ1) is 6.67. The second kappa shape index (κ2) is 1.91. The van der Waals surface area contributed by atoms with Gasteiger partial charge < -0.3 is 5.11 Å². The molecule has 0 radical (unpaired) electrons. The van der Waals surface area contributed by atoms with Gasteiger partial charge in [-0.15, -0.1) is 0 Å². The van der Waals surface area contributed by atoms with Crippen molar-refractivity contribution in [2.45, 2.75) is 25.4 Å². The van der Waals surface area contributed by atoms with Gasteiger partial charge in [0.2, 0.25) is 0 Å². The second-order valence-electron chi connectivity index (χ2n) is 4.14. The van der Waals surface area contributed by atoms with E-state index < -0.39 is 0 Å². The first-order chi connectivity index (χ1) is 5.82. The first-order valence-corrected chi connectivity index (χ1v) is 4.58. The van der Waals surface area contributed by atoms with Crippen molar-refractivity contribution in [3.63, 3.8) is 0 Å². The van der Waals surface area contributed by atoms with Gasteiger partial charge in [0.15, 0.2) is 0 Å². The highest BCUT2D eigenvalue weighted by Gasteiger charge is 2.53. The number of hydrogen-bond acceptors (Lipinski definition) is 1. The molecule has 1 spiro atoms. The van der Waals surface area contributed by atoms with Gasteiger partial charge in [-0.3, -0.25) is 0 Å². The largest absolute Gasteiger partial charge is 0.388 e. The lowest BCUT2D eigenvalue weighted by atomic mass is 10.0. The molecule has 1 heteroatoms. The predicted octanol–water partition coefficient (Wildman–Crippen LogP) is 2.06. The average Bonchev–Trinajstić information content (AvgIpc) is 2.79. The number of aliphatic hydroxyl groups excluding tert-OH is 1. The molecule has 1 N–H and O–H groups in total. The third kappa shape index (κ3) is 0.674. The van der Waals surface area contributed by atoms with E-state index in [9.17, 15) is 5.11 Å². The quantitative estimate of drug-likeness (QED) is 0.616. The van der Waals surface area contributed by atoms with Crippen molar-refractivity contribution in [1.29, 1.82) is 0 Å². The van der Waals surface area contributed by atoms with Crippen molar-refractivity contribution in [2.24, 2.45) is 5.41 Å². The molecule has 1 aromatic rings. The molecule has 1 atom stereocenters. The summed E-state index contributed by atoms with van der Waals surface area (Å²) in [5.41, 5.74) is 2.81. The van der Waals surface area contributed by atoms with Crippen LogP contribution in [0.3, 0.4) is 0 Å². The fourth-order valence-corrected chi connectivity index (χ4v) is 2.38. The van der Waals surface area contributed by atoms with Gasteiger partial charge in [-0.2, -0.15) is 0 Å². The van der Waals surface area contributed by atoms with Crippen LogP contribution in [-0.4, -0.2) is 5.11 Å². The Morgan fingerprint density at radius 2 is 2.00 bits per heavy atom. The third-order valence-electron chi connectivity index (χ3n) is 3.36. The lowest BCUT2D eigenvalue weighted by Crippen LogP contribution is -2.06. The van der Waals surface area contributed by atoms with Gasteiger partial charge in [0.05, 0.1) is 6.10 Å². The van der Waals surface area contributed by atoms with Gasteiger partial charge in [-0.05, 0) is 30.4 Å². The fraction of sp³-hybridized carbons (Fsp3) is 0.455. The van der Waals surface area contributed by atoms with Crippen molar-refractivity contribution in [1.82, 2.24) is 0 Å². The summed E-state index contributed by atoms with van der Waals surface area (Å²) in [6.07, 6.45) is 3.35. The maximum Gasteiger partial charge on any atom is 0.0852 e. The Morgan fingerprint density at radius 3 is 2.67 bits per heavy atom. The minimum atomic E-state index is -0.173. The standard InChI is InChI=1S/C11H12O/c12-10-9-4-2-1-3-8(9)7-11(10)5-6-11/h1-4,10,12H,5-7H2. The average molecular weight is 160 g/mol. The minimum absolute atomic E-state index is 0.173. The molecule has 12 heavy (non-hydrogen) atoms. The molecule has 0 heterocycles. The first-order valence-electron chi connectivity index (χ1n) is 4.58. The van der Waals surface area contributed by atoms with Crippen LogP contribution in [0.15, 0.2) is 24.3 Å². The van der Waals surface area contributed by atoms with Gasteiger partial charge in [-0.25, -0.2) is 0 Å². The Kier molecular flexibility index (Phi) is 1.06. The molecular weight excluding hydrogens is 148 g/mol. The van der Waals surface area contributed by atoms with Crippen LogP contribution in [0.1, 0.15) is 30.1 Å². The molecular formula is C11H12O. The fourth-order valence-electron chi connectivity index (χ4n) is 2.38. The van der Waals surface area contributed by atoms with Gasteiger partial charge in [0.25, 0.3) is 0 Å². The second-order valence-corrected chi connectivity index (χ2v) is 4.14. The van der Waals surface area contributed by atoms with Gasteiger partial charge in [0, 0.05) is 5.41 Å². The maximum absolute atomic E-state index is 9.97. The Labute approximate surface area is 72.0 Å². The number of benzene rings is 1. The number of rotatable bonds is 0. The number of aliphatic hydroxyl groups is 1. The summed E-state index contributed by atoms with van der Waals surface area (Å²) in [5, 5.41) is 9.97. The zero-order valence-corrected chi connectivity index (χ0v) is 6.96. The minimum Gasteiger partial charge on any atom is -0.388 e. The highest BCUT2D eigenvalue weighted by atomic mass is 16.3. The van der Waals surface area contributed by atoms with Crippen molar-refractivity contribution >= 4 is 0 Å². The van der Waals surface area contributed by atoms with Crippen molar-refractivity contribution in [3.8, 4) is 0 Å². The van der Waals surface area contributed by atoms with Crippen LogP contribution in [0, 0.1) is 5.41 Å². The highest BCUT2D eigenvalue weighted by molar-refractivity contribution is 5.39. The lowest BCUT2D eigenvalue weighted by Gasteiger charge is -2.11. The van der Waals surface area contributed by atoms with Gasteiger partial charge >= 0.3 is 0 Å². The van der Waals surface area contributed by atoms with E-state index in [-0.39, 0.29) is 11.5 Å². The van der Waals surface area contributed by atoms with E-state index in [1.807, 2.05) is 6.07 Å². The molecule has 0 aliphatic heterocycles. The molecule has 0 amide bonds.